The first-order valence-corrected chi connectivity index (χ1v) is 5.60. The van der Waals surface area contributed by atoms with E-state index in [0.717, 1.165) is 0 Å². The van der Waals surface area contributed by atoms with Crippen molar-refractivity contribution >= 4 is 11.9 Å². The average molecular weight is 260 g/mol. The molecule has 0 saturated heterocycles. The minimum Gasteiger partial charge on any atom is -0.504 e. The van der Waals surface area contributed by atoms with Gasteiger partial charge in [-0.1, -0.05) is 0 Å². The molecule has 0 atom stereocenters. The van der Waals surface area contributed by atoms with Crippen molar-refractivity contribution < 1.29 is 14.2 Å². The van der Waals surface area contributed by atoms with Crippen LogP contribution in [0.25, 0.3) is 0 Å². The number of aromatic hydroxyl groups is 1. The van der Waals surface area contributed by atoms with Crippen LogP contribution in [0.1, 0.15) is 5.56 Å². The van der Waals surface area contributed by atoms with Crippen LogP contribution in [0, 0.1) is 5.82 Å². The Morgan fingerprint density at radius 1 is 1.21 bits per heavy atom. The molecule has 0 bridgehead atoms. The van der Waals surface area contributed by atoms with Gasteiger partial charge < -0.3 is 9.84 Å². The summed E-state index contributed by atoms with van der Waals surface area (Å²) < 4.78 is 17.6. The molecule has 0 unspecified atom stereocenters. The molecule has 0 aliphatic rings. The summed E-state index contributed by atoms with van der Waals surface area (Å²) in [6, 6.07) is 10.8. The second kappa shape index (κ2) is 5.86. The molecule has 2 N–H and O–H groups in total. The summed E-state index contributed by atoms with van der Waals surface area (Å²) in [6.07, 6.45) is 1.54. The second-order valence-electron chi connectivity index (χ2n) is 3.81. The van der Waals surface area contributed by atoms with Crippen LogP contribution in [0.4, 0.5) is 10.1 Å². The zero-order chi connectivity index (χ0) is 13.7. The lowest BCUT2D eigenvalue weighted by atomic mass is 10.2. The number of nitrogens with one attached hydrogen (secondary N) is 1. The fourth-order valence-electron chi connectivity index (χ4n) is 1.49. The minimum atomic E-state index is -0.297. The molecule has 0 aliphatic carbocycles. The van der Waals surface area contributed by atoms with Gasteiger partial charge in [0, 0.05) is 0 Å². The first-order chi connectivity index (χ1) is 9.19. The fraction of sp³-hybridized carbons (Fsp3) is 0.0714. The highest BCUT2D eigenvalue weighted by atomic mass is 19.1. The van der Waals surface area contributed by atoms with Gasteiger partial charge in [0.25, 0.3) is 0 Å². The Morgan fingerprint density at radius 2 is 1.95 bits per heavy atom. The highest BCUT2D eigenvalue weighted by Crippen LogP contribution is 2.25. The van der Waals surface area contributed by atoms with Crippen molar-refractivity contribution in [2.24, 2.45) is 5.10 Å². The van der Waals surface area contributed by atoms with E-state index in [-0.39, 0.29) is 11.6 Å². The third kappa shape index (κ3) is 3.45. The van der Waals surface area contributed by atoms with Gasteiger partial charge in [0.15, 0.2) is 11.5 Å². The number of methoxy groups -OCH3 is 1. The van der Waals surface area contributed by atoms with E-state index >= 15 is 0 Å². The fourth-order valence-corrected chi connectivity index (χ4v) is 1.49. The van der Waals surface area contributed by atoms with Crippen LogP contribution in [0.3, 0.4) is 0 Å². The molecule has 0 spiro atoms. The van der Waals surface area contributed by atoms with E-state index in [1.807, 2.05) is 0 Å². The van der Waals surface area contributed by atoms with E-state index < -0.39 is 0 Å². The Morgan fingerprint density at radius 3 is 2.58 bits per heavy atom. The number of phenols is 1. The van der Waals surface area contributed by atoms with Gasteiger partial charge >= 0.3 is 0 Å². The van der Waals surface area contributed by atoms with Crippen molar-refractivity contribution in [3.63, 3.8) is 0 Å². The maximum atomic E-state index is 12.7. The van der Waals surface area contributed by atoms with Gasteiger partial charge in [0.1, 0.15) is 5.82 Å². The topological polar surface area (TPSA) is 53.8 Å². The zero-order valence-corrected chi connectivity index (χ0v) is 10.3. The van der Waals surface area contributed by atoms with Gasteiger partial charge in [0.05, 0.1) is 19.0 Å². The molecule has 98 valence electrons. The Labute approximate surface area is 110 Å². The van der Waals surface area contributed by atoms with Gasteiger partial charge in [0.2, 0.25) is 0 Å². The molecule has 2 rings (SSSR count). The maximum absolute atomic E-state index is 12.7. The number of nitrogens with zero attached hydrogens (tertiary/aromatic N) is 1. The Bertz CT molecular complexity index is 582. The van der Waals surface area contributed by atoms with Crippen LogP contribution < -0.4 is 10.2 Å². The van der Waals surface area contributed by atoms with Crippen molar-refractivity contribution in [1.29, 1.82) is 0 Å². The SMILES string of the molecule is COc1ccc(C=NNc2ccc(F)cc2)cc1O. The van der Waals surface area contributed by atoms with Crippen molar-refractivity contribution in [3.8, 4) is 11.5 Å². The molecule has 2 aromatic carbocycles. The Balaban J connectivity index is 2.02. The number of benzene rings is 2. The van der Waals surface area contributed by atoms with Crippen LogP contribution in [0.15, 0.2) is 47.6 Å². The van der Waals surface area contributed by atoms with Crippen LogP contribution in [0.2, 0.25) is 0 Å². The molecule has 0 saturated carbocycles. The monoisotopic (exact) mass is 260 g/mol. The normalized spacial score (nSPS) is 10.6. The number of phenolic OH excluding ortho intramolecular Hbond substituents is 1. The van der Waals surface area contributed by atoms with Crippen molar-refractivity contribution in [2.45, 2.75) is 0 Å². The van der Waals surface area contributed by atoms with Gasteiger partial charge in [-0.25, -0.2) is 4.39 Å². The van der Waals surface area contributed by atoms with Crippen molar-refractivity contribution in [3.05, 3.63) is 53.8 Å². The van der Waals surface area contributed by atoms with Gasteiger partial charge in [-0.05, 0) is 48.0 Å². The van der Waals surface area contributed by atoms with Crippen LogP contribution in [-0.2, 0) is 0 Å². The molecule has 2 aromatic rings. The molecule has 0 aromatic heterocycles. The Kier molecular flexibility index (Phi) is 3.97. The quantitative estimate of drug-likeness (QED) is 0.656. The lowest BCUT2D eigenvalue weighted by molar-refractivity contribution is 0.373. The van der Waals surface area contributed by atoms with Gasteiger partial charge in [-0.3, -0.25) is 5.43 Å². The predicted octanol–water partition coefficient (Wildman–Crippen LogP) is 2.99. The average Bonchev–Trinajstić information content (AvgIpc) is 2.41. The number of hydrogen-bond acceptors (Lipinski definition) is 4. The highest BCUT2D eigenvalue weighted by molar-refractivity contribution is 5.81. The third-order valence-electron chi connectivity index (χ3n) is 2.45. The zero-order valence-electron chi connectivity index (χ0n) is 10.3. The predicted molar refractivity (Wildman–Crippen MR) is 72.3 cm³/mol. The molecule has 19 heavy (non-hydrogen) atoms. The number of hydrazone groups is 1. The number of halogens is 1. The smallest absolute Gasteiger partial charge is 0.160 e. The first kappa shape index (κ1) is 12.9. The molecule has 0 amide bonds. The van der Waals surface area contributed by atoms with E-state index in [1.54, 1.807) is 30.5 Å². The van der Waals surface area contributed by atoms with E-state index in [9.17, 15) is 9.50 Å². The molecule has 0 heterocycles. The first-order valence-electron chi connectivity index (χ1n) is 5.60. The Hall–Kier alpha value is -2.56. The summed E-state index contributed by atoms with van der Waals surface area (Å²) in [4.78, 5) is 0. The summed E-state index contributed by atoms with van der Waals surface area (Å²) in [7, 11) is 1.49. The standard InChI is InChI=1S/C14H13FN2O2/c1-19-14-7-2-10(8-13(14)18)9-16-17-12-5-3-11(15)4-6-12/h2-9,17-18H,1H3. The molecular formula is C14H13FN2O2. The number of ether oxygens (including phenoxy) is 1. The molecule has 0 fully saturated rings. The summed E-state index contributed by atoms with van der Waals surface area (Å²) in [6.45, 7) is 0. The number of rotatable bonds is 4. The van der Waals surface area contributed by atoms with E-state index in [1.165, 1.54) is 25.3 Å². The van der Waals surface area contributed by atoms with E-state index in [4.69, 9.17) is 4.74 Å². The lowest BCUT2D eigenvalue weighted by Crippen LogP contribution is -1.91. The van der Waals surface area contributed by atoms with Crippen LogP contribution in [-0.4, -0.2) is 18.4 Å². The molecule has 4 nitrogen and oxygen atoms in total. The van der Waals surface area contributed by atoms with E-state index in [0.29, 0.717) is 17.0 Å². The summed E-state index contributed by atoms with van der Waals surface area (Å²) in [5.41, 5.74) is 4.15. The largest absolute Gasteiger partial charge is 0.504 e. The van der Waals surface area contributed by atoms with Crippen LogP contribution in [0.5, 0.6) is 11.5 Å². The second-order valence-corrected chi connectivity index (χ2v) is 3.81. The number of anilines is 1. The molecule has 0 aliphatic heterocycles. The highest BCUT2D eigenvalue weighted by Gasteiger charge is 2.00. The van der Waals surface area contributed by atoms with Gasteiger partial charge in [-0.2, -0.15) is 5.10 Å². The van der Waals surface area contributed by atoms with Crippen molar-refractivity contribution in [2.75, 3.05) is 12.5 Å². The van der Waals surface area contributed by atoms with E-state index in [2.05, 4.69) is 10.5 Å². The molecule has 5 heteroatoms. The maximum Gasteiger partial charge on any atom is 0.160 e. The number of hydrogen-bond donors (Lipinski definition) is 2. The summed E-state index contributed by atoms with van der Waals surface area (Å²) in [5.74, 6) is 0.159. The van der Waals surface area contributed by atoms with Crippen LogP contribution >= 0.6 is 0 Å². The summed E-state index contributed by atoms with van der Waals surface area (Å²) in [5, 5.41) is 13.6. The van der Waals surface area contributed by atoms with Crippen molar-refractivity contribution in [1.82, 2.24) is 0 Å². The lowest BCUT2D eigenvalue weighted by Gasteiger charge is -2.03. The minimum absolute atomic E-state index is 0.0493. The molecule has 0 radical (unpaired) electrons. The summed E-state index contributed by atoms with van der Waals surface area (Å²) >= 11 is 0. The molecular weight excluding hydrogens is 247 g/mol. The van der Waals surface area contributed by atoms with Gasteiger partial charge in [-0.15, -0.1) is 0 Å². The third-order valence-corrected chi connectivity index (χ3v) is 2.45.